The number of aromatic amines is 1. The van der Waals surface area contributed by atoms with E-state index in [0.29, 0.717) is 5.69 Å². The van der Waals surface area contributed by atoms with Gasteiger partial charge in [-0.3, -0.25) is 14.7 Å². The second kappa shape index (κ2) is 5.80. The summed E-state index contributed by atoms with van der Waals surface area (Å²) in [4.78, 5) is 25.9. The molecule has 1 aromatic heterocycles. The van der Waals surface area contributed by atoms with E-state index < -0.39 is 28.9 Å². The van der Waals surface area contributed by atoms with E-state index in [1.807, 2.05) is 13.8 Å². The van der Waals surface area contributed by atoms with Gasteiger partial charge >= 0.3 is 0 Å². The molecule has 3 N–H and O–H groups in total. The van der Waals surface area contributed by atoms with Gasteiger partial charge in [-0.15, -0.1) is 0 Å². The van der Waals surface area contributed by atoms with Crippen LogP contribution in [0.5, 0.6) is 0 Å². The molecule has 25 heavy (non-hydrogen) atoms. The Hall–Kier alpha value is -3.03. The number of aromatic nitrogens is 2. The monoisotopic (exact) mass is 346 g/mol. The highest BCUT2D eigenvalue weighted by atomic mass is 19.2. The van der Waals surface area contributed by atoms with Crippen molar-refractivity contribution in [2.45, 2.75) is 19.3 Å². The van der Waals surface area contributed by atoms with E-state index >= 15 is 0 Å². The molecule has 130 valence electrons. The predicted octanol–water partition coefficient (Wildman–Crippen LogP) is 1.95. The van der Waals surface area contributed by atoms with Crippen LogP contribution in [-0.4, -0.2) is 33.5 Å². The van der Waals surface area contributed by atoms with Crippen LogP contribution in [0.4, 0.5) is 8.78 Å². The standard InChI is InChI=1S/C17H16F2N4O2/c1-17(2)8-23(16(25)9-3-4-12(18)13(19)5-9)7-10(15(20)24)14-11(17)6-21-22-14/h3-7H,8H2,1-2H3,(H2,20,24)(H,21,22). The second-order valence-electron chi connectivity index (χ2n) is 6.51. The number of hydrogen-bond acceptors (Lipinski definition) is 3. The summed E-state index contributed by atoms with van der Waals surface area (Å²) in [5.41, 5.74) is 6.13. The van der Waals surface area contributed by atoms with Gasteiger partial charge < -0.3 is 10.6 Å². The van der Waals surface area contributed by atoms with Crippen molar-refractivity contribution in [3.05, 3.63) is 59.1 Å². The van der Waals surface area contributed by atoms with Gasteiger partial charge in [0.15, 0.2) is 11.6 Å². The van der Waals surface area contributed by atoms with Crippen molar-refractivity contribution in [2.75, 3.05) is 6.54 Å². The molecule has 2 amide bonds. The minimum Gasteiger partial charge on any atom is -0.365 e. The summed E-state index contributed by atoms with van der Waals surface area (Å²) in [5, 5.41) is 6.69. The lowest BCUT2D eigenvalue weighted by atomic mass is 9.84. The Labute approximate surface area is 142 Å². The summed E-state index contributed by atoms with van der Waals surface area (Å²) < 4.78 is 26.6. The molecule has 8 heteroatoms. The molecule has 0 saturated carbocycles. The van der Waals surface area contributed by atoms with Crippen molar-refractivity contribution < 1.29 is 18.4 Å². The van der Waals surface area contributed by atoms with Crippen LogP contribution in [0.25, 0.3) is 5.57 Å². The number of rotatable bonds is 2. The van der Waals surface area contributed by atoms with Gasteiger partial charge in [0.25, 0.3) is 11.8 Å². The van der Waals surface area contributed by atoms with Gasteiger partial charge in [-0.05, 0) is 18.2 Å². The van der Waals surface area contributed by atoms with Crippen LogP contribution < -0.4 is 5.73 Å². The van der Waals surface area contributed by atoms with Gasteiger partial charge in [-0.1, -0.05) is 13.8 Å². The third-order valence-corrected chi connectivity index (χ3v) is 4.18. The van der Waals surface area contributed by atoms with Crippen molar-refractivity contribution in [3.8, 4) is 0 Å². The first kappa shape index (κ1) is 16.8. The van der Waals surface area contributed by atoms with Crippen LogP contribution in [0.3, 0.4) is 0 Å². The lowest BCUT2D eigenvalue weighted by Crippen LogP contribution is -2.36. The lowest BCUT2D eigenvalue weighted by molar-refractivity contribution is -0.112. The van der Waals surface area contributed by atoms with Crippen LogP contribution in [0, 0.1) is 11.6 Å². The SMILES string of the molecule is CC1(C)CN(C(=O)c2ccc(F)c(F)c2)C=C(C(N)=O)c2[nH]ncc21. The van der Waals surface area contributed by atoms with Crippen LogP contribution in [-0.2, 0) is 10.2 Å². The number of carbonyl (C=O) groups is 2. The first-order valence-electron chi connectivity index (χ1n) is 7.52. The number of nitrogens with one attached hydrogen (secondary N) is 1. The van der Waals surface area contributed by atoms with Gasteiger partial charge in [0.05, 0.1) is 17.5 Å². The van der Waals surface area contributed by atoms with Crippen molar-refractivity contribution >= 4 is 17.4 Å². The number of benzene rings is 1. The highest BCUT2D eigenvalue weighted by molar-refractivity contribution is 6.19. The zero-order valence-corrected chi connectivity index (χ0v) is 13.6. The Bertz CT molecular complexity index is 902. The quantitative estimate of drug-likeness (QED) is 0.870. The Morgan fingerprint density at radius 2 is 2.00 bits per heavy atom. The molecule has 6 nitrogen and oxygen atoms in total. The normalized spacial score (nSPS) is 16.0. The van der Waals surface area contributed by atoms with Gasteiger partial charge in [0, 0.05) is 29.3 Å². The number of hydrogen-bond donors (Lipinski definition) is 2. The van der Waals surface area contributed by atoms with Crippen LogP contribution >= 0.6 is 0 Å². The lowest BCUT2D eigenvalue weighted by Gasteiger charge is -2.28. The van der Waals surface area contributed by atoms with E-state index in [4.69, 9.17) is 5.73 Å². The molecule has 3 rings (SSSR count). The van der Waals surface area contributed by atoms with E-state index in [-0.39, 0.29) is 17.7 Å². The van der Waals surface area contributed by atoms with Crippen LogP contribution in [0.2, 0.25) is 0 Å². The van der Waals surface area contributed by atoms with Gasteiger partial charge in [0.1, 0.15) is 0 Å². The summed E-state index contributed by atoms with van der Waals surface area (Å²) in [6, 6.07) is 2.90. The minimum absolute atomic E-state index is 0.0292. The van der Waals surface area contributed by atoms with Crippen LogP contribution in [0.15, 0.2) is 30.6 Å². The summed E-state index contributed by atoms with van der Waals surface area (Å²) in [6.07, 6.45) is 2.90. The molecule has 1 aromatic carbocycles. The van der Waals surface area contributed by atoms with Gasteiger partial charge in [-0.2, -0.15) is 5.10 Å². The average Bonchev–Trinajstić information content (AvgIpc) is 2.99. The Kier molecular flexibility index (Phi) is 3.90. The number of nitrogens with zero attached hydrogens (tertiary/aromatic N) is 2. The molecule has 0 atom stereocenters. The molecule has 2 aromatic rings. The van der Waals surface area contributed by atoms with Gasteiger partial charge in [-0.25, -0.2) is 8.78 Å². The second-order valence-corrected chi connectivity index (χ2v) is 6.51. The summed E-state index contributed by atoms with van der Waals surface area (Å²) in [6.45, 7) is 3.96. The molecule has 0 saturated heterocycles. The summed E-state index contributed by atoms with van der Waals surface area (Å²) >= 11 is 0. The Balaban J connectivity index is 2.08. The number of carbonyl (C=O) groups excluding carboxylic acids is 2. The summed E-state index contributed by atoms with van der Waals surface area (Å²) in [7, 11) is 0. The number of H-pyrrole nitrogens is 1. The number of halogens is 2. The zero-order valence-electron chi connectivity index (χ0n) is 13.6. The third kappa shape index (κ3) is 2.90. The Morgan fingerprint density at radius 3 is 2.64 bits per heavy atom. The fourth-order valence-corrected chi connectivity index (χ4v) is 2.89. The maximum absolute atomic E-state index is 13.5. The fraction of sp³-hybridized carbons (Fsp3) is 0.235. The van der Waals surface area contributed by atoms with Gasteiger partial charge in [0.2, 0.25) is 0 Å². The Morgan fingerprint density at radius 1 is 1.28 bits per heavy atom. The molecule has 0 aliphatic carbocycles. The smallest absolute Gasteiger partial charge is 0.257 e. The predicted molar refractivity (Wildman–Crippen MR) is 86.2 cm³/mol. The van der Waals surface area contributed by atoms with E-state index in [2.05, 4.69) is 10.2 Å². The number of primary amides is 1. The van der Waals surface area contributed by atoms with Crippen LogP contribution in [0.1, 0.15) is 35.5 Å². The molecule has 2 heterocycles. The number of nitrogens with two attached hydrogens (primary N) is 1. The van der Waals surface area contributed by atoms with Crippen molar-refractivity contribution in [2.24, 2.45) is 5.73 Å². The van der Waals surface area contributed by atoms with E-state index in [1.54, 1.807) is 6.20 Å². The molecule has 0 bridgehead atoms. The molecule has 0 radical (unpaired) electrons. The highest BCUT2D eigenvalue weighted by Crippen LogP contribution is 2.34. The topological polar surface area (TPSA) is 92.1 Å². The first-order valence-corrected chi connectivity index (χ1v) is 7.52. The van der Waals surface area contributed by atoms with E-state index in [0.717, 1.165) is 17.7 Å². The van der Waals surface area contributed by atoms with E-state index in [1.165, 1.54) is 17.2 Å². The zero-order chi connectivity index (χ0) is 18.4. The fourth-order valence-electron chi connectivity index (χ4n) is 2.89. The maximum Gasteiger partial charge on any atom is 0.257 e. The molecule has 1 aliphatic heterocycles. The van der Waals surface area contributed by atoms with Crippen molar-refractivity contribution in [1.29, 1.82) is 0 Å². The highest BCUT2D eigenvalue weighted by Gasteiger charge is 2.35. The molecular formula is C17H16F2N4O2. The minimum atomic E-state index is -1.12. The third-order valence-electron chi connectivity index (χ3n) is 4.18. The largest absolute Gasteiger partial charge is 0.365 e. The average molecular weight is 346 g/mol. The summed E-state index contributed by atoms with van der Waals surface area (Å²) in [5.74, 6) is -3.45. The first-order chi connectivity index (χ1) is 11.7. The maximum atomic E-state index is 13.5. The molecule has 0 unspecified atom stereocenters. The molecule has 0 fully saturated rings. The molecule has 0 spiro atoms. The van der Waals surface area contributed by atoms with Crippen molar-refractivity contribution in [1.82, 2.24) is 15.1 Å². The van der Waals surface area contributed by atoms with E-state index in [9.17, 15) is 18.4 Å². The van der Waals surface area contributed by atoms with Crippen molar-refractivity contribution in [3.63, 3.8) is 0 Å². The number of fused-ring (bicyclic) bond motifs is 1. The molecular weight excluding hydrogens is 330 g/mol. The molecule has 1 aliphatic rings. The number of amides is 2.